The zero-order chi connectivity index (χ0) is 13.0. The number of hydrogen-bond donors (Lipinski definition) is 0. The quantitative estimate of drug-likeness (QED) is 0.662. The Hall–Kier alpha value is -0.940. The first-order chi connectivity index (χ1) is 7.61. The fraction of sp³-hybridized carbons (Fsp3) is 0.909. The Morgan fingerprint density at radius 2 is 1.88 bits per heavy atom. The predicted molar refractivity (Wildman–Crippen MR) is 54.4 cm³/mol. The van der Waals surface area contributed by atoms with E-state index in [1.54, 1.807) is 20.8 Å². The Kier molecular flexibility index (Phi) is 2.60. The molecule has 2 aliphatic rings. The van der Waals surface area contributed by atoms with Crippen molar-refractivity contribution >= 4 is 6.09 Å². The molecule has 98 valence electrons. The Bertz CT molecular complexity index is 335. The number of carbonyl (C=O) groups is 1. The fourth-order valence-corrected chi connectivity index (χ4v) is 2.54. The molecule has 0 unspecified atom stereocenters. The van der Waals surface area contributed by atoms with E-state index in [2.05, 4.69) is 0 Å². The molecule has 17 heavy (non-hydrogen) atoms. The van der Waals surface area contributed by atoms with Crippen molar-refractivity contribution in [3.8, 4) is 0 Å². The largest absolute Gasteiger partial charge is 0.444 e. The Morgan fingerprint density at radius 1 is 1.29 bits per heavy atom. The third kappa shape index (κ3) is 2.35. The van der Waals surface area contributed by atoms with Gasteiger partial charge in [-0.3, -0.25) is 0 Å². The number of likely N-dealkylation sites (tertiary alicyclic amines) is 1. The molecule has 1 amide bonds. The van der Waals surface area contributed by atoms with Gasteiger partial charge in [0, 0.05) is 6.54 Å². The van der Waals surface area contributed by atoms with Crippen LogP contribution in [0.1, 0.15) is 27.2 Å². The zero-order valence-corrected chi connectivity index (χ0v) is 10.0. The highest BCUT2D eigenvalue weighted by atomic mass is 19.4. The van der Waals surface area contributed by atoms with Crippen LogP contribution in [-0.4, -0.2) is 35.4 Å². The van der Waals surface area contributed by atoms with E-state index in [9.17, 15) is 18.0 Å². The summed E-state index contributed by atoms with van der Waals surface area (Å²) in [6.07, 6.45) is -4.40. The normalized spacial score (nSPS) is 32.4. The number of hydrogen-bond acceptors (Lipinski definition) is 2. The van der Waals surface area contributed by atoms with Crippen molar-refractivity contribution in [2.75, 3.05) is 6.54 Å². The van der Waals surface area contributed by atoms with Crippen molar-refractivity contribution in [2.45, 2.75) is 45.0 Å². The van der Waals surface area contributed by atoms with Crippen LogP contribution in [0.15, 0.2) is 0 Å². The molecule has 6 heteroatoms. The second-order valence-electron chi connectivity index (χ2n) is 5.68. The molecule has 2 fully saturated rings. The molecular formula is C11H16F3NO2. The van der Waals surface area contributed by atoms with E-state index >= 15 is 0 Å². The number of ether oxygens (including phenoxy) is 1. The Morgan fingerprint density at radius 3 is 2.29 bits per heavy atom. The van der Waals surface area contributed by atoms with Crippen LogP contribution in [0.25, 0.3) is 0 Å². The fourth-order valence-electron chi connectivity index (χ4n) is 2.54. The minimum Gasteiger partial charge on any atom is -0.444 e. The molecule has 0 spiro atoms. The number of alkyl halides is 3. The van der Waals surface area contributed by atoms with E-state index in [0.29, 0.717) is 13.0 Å². The van der Waals surface area contributed by atoms with Crippen molar-refractivity contribution in [3.63, 3.8) is 0 Å². The number of piperidine rings is 1. The molecule has 0 bridgehead atoms. The highest BCUT2D eigenvalue weighted by Crippen LogP contribution is 2.58. The maximum Gasteiger partial charge on any atom is 0.410 e. The van der Waals surface area contributed by atoms with Crippen molar-refractivity contribution in [1.82, 2.24) is 4.90 Å². The summed E-state index contributed by atoms with van der Waals surface area (Å²) in [6, 6.07) is -0.690. The highest BCUT2D eigenvalue weighted by molar-refractivity contribution is 5.70. The van der Waals surface area contributed by atoms with Crippen LogP contribution >= 0.6 is 0 Å². The molecule has 1 aliphatic heterocycles. The van der Waals surface area contributed by atoms with Crippen LogP contribution in [0.2, 0.25) is 0 Å². The lowest BCUT2D eigenvalue weighted by Crippen LogP contribution is -2.39. The summed E-state index contributed by atoms with van der Waals surface area (Å²) in [5.41, 5.74) is -0.669. The van der Waals surface area contributed by atoms with Gasteiger partial charge in [0.1, 0.15) is 5.60 Å². The molecule has 1 aliphatic carbocycles. The molecule has 0 aromatic rings. The van der Waals surface area contributed by atoms with Crippen LogP contribution in [0.4, 0.5) is 18.0 Å². The maximum atomic E-state index is 12.6. The van der Waals surface area contributed by atoms with Crippen LogP contribution in [0, 0.1) is 11.8 Å². The summed E-state index contributed by atoms with van der Waals surface area (Å²) < 4.78 is 42.8. The molecule has 0 aromatic carbocycles. The average molecular weight is 251 g/mol. The zero-order valence-electron chi connectivity index (χ0n) is 10.0. The predicted octanol–water partition coefficient (Wildman–Crippen LogP) is 2.80. The van der Waals surface area contributed by atoms with E-state index in [1.807, 2.05) is 0 Å². The molecule has 1 heterocycles. The maximum absolute atomic E-state index is 12.6. The van der Waals surface area contributed by atoms with Gasteiger partial charge in [0.15, 0.2) is 0 Å². The summed E-state index contributed by atoms with van der Waals surface area (Å²) >= 11 is 0. The summed E-state index contributed by atoms with van der Waals surface area (Å²) in [4.78, 5) is 12.9. The molecular weight excluding hydrogens is 235 g/mol. The number of carbonyl (C=O) groups excluding carboxylic acids is 1. The van der Waals surface area contributed by atoms with E-state index in [-0.39, 0.29) is 0 Å². The van der Waals surface area contributed by atoms with Crippen molar-refractivity contribution in [2.24, 2.45) is 11.8 Å². The van der Waals surface area contributed by atoms with Gasteiger partial charge in [0.05, 0.1) is 12.0 Å². The lowest BCUT2D eigenvalue weighted by molar-refractivity contribution is -0.156. The van der Waals surface area contributed by atoms with Gasteiger partial charge in [0.25, 0.3) is 0 Å². The van der Waals surface area contributed by atoms with Crippen LogP contribution < -0.4 is 0 Å². The van der Waals surface area contributed by atoms with Crippen molar-refractivity contribution in [3.05, 3.63) is 0 Å². The van der Waals surface area contributed by atoms with E-state index in [0.717, 1.165) is 0 Å². The third-order valence-corrected chi connectivity index (χ3v) is 3.20. The number of rotatable bonds is 0. The highest BCUT2D eigenvalue weighted by Gasteiger charge is 2.69. The minimum atomic E-state index is -4.20. The lowest BCUT2D eigenvalue weighted by atomic mass is 10.2. The number of nitrogens with zero attached hydrogens (tertiary/aromatic N) is 1. The smallest absolute Gasteiger partial charge is 0.410 e. The van der Waals surface area contributed by atoms with Gasteiger partial charge in [0.2, 0.25) is 0 Å². The van der Waals surface area contributed by atoms with Crippen LogP contribution in [0.5, 0.6) is 0 Å². The first kappa shape index (κ1) is 12.5. The van der Waals surface area contributed by atoms with Gasteiger partial charge in [-0.2, -0.15) is 13.2 Å². The number of amides is 1. The minimum absolute atomic E-state index is 0.372. The molecule has 1 saturated carbocycles. The van der Waals surface area contributed by atoms with Gasteiger partial charge in [-0.05, 0) is 33.1 Å². The molecule has 1 saturated heterocycles. The summed E-state index contributed by atoms with van der Waals surface area (Å²) in [7, 11) is 0. The van der Waals surface area contributed by atoms with Crippen molar-refractivity contribution in [1.29, 1.82) is 0 Å². The van der Waals surface area contributed by atoms with Crippen LogP contribution in [-0.2, 0) is 4.74 Å². The van der Waals surface area contributed by atoms with Gasteiger partial charge < -0.3 is 9.64 Å². The molecule has 3 atom stereocenters. The SMILES string of the molecule is CC(C)(C)OC(=O)N1CC[C@H]2[C@H]1[C@@H]2C(F)(F)F. The molecule has 3 nitrogen and oxygen atoms in total. The summed E-state index contributed by atoms with van der Waals surface area (Å²) in [6.45, 7) is 5.47. The topological polar surface area (TPSA) is 29.5 Å². The van der Waals surface area contributed by atoms with Crippen LogP contribution in [0.3, 0.4) is 0 Å². The first-order valence-electron chi connectivity index (χ1n) is 5.67. The second kappa shape index (κ2) is 3.53. The monoisotopic (exact) mass is 251 g/mol. The number of fused-ring (bicyclic) bond motifs is 1. The first-order valence-corrected chi connectivity index (χ1v) is 5.67. The Balaban J connectivity index is 1.99. The average Bonchev–Trinajstić information content (AvgIpc) is 2.65. The van der Waals surface area contributed by atoms with Gasteiger partial charge in [-0.25, -0.2) is 4.79 Å². The van der Waals surface area contributed by atoms with Gasteiger partial charge in [-0.1, -0.05) is 0 Å². The standard InChI is InChI=1S/C11H16F3NO2/c1-10(2,3)17-9(16)15-5-4-6-7(8(6)15)11(12,13)14/h6-8H,4-5H2,1-3H3/t6-,7-,8+/m1/s1. The molecule has 0 radical (unpaired) electrons. The summed E-state index contributed by atoms with van der Waals surface area (Å²) in [5, 5.41) is 0. The van der Waals surface area contributed by atoms with E-state index < -0.39 is 35.7 Å². The Labute approximate surface area is 97.9 Å². The van der Waals surface area contributed by atoms with Crippen molar-refractivity contribution < 1.29 is 22.7 Å². The lowest BCUT2D eigenvalue weighted by Gasteiger charge is -2.26. The van der Waals surface area contributed by atoms with E-state index in [4.69, 9.17) is 4.74 Å². The molecule has 0 aromatic heterocycles. The summed E-state index contributed by atoms with van der Waals surface area (Å²) in [5.74, 6) is -1.76. The third-order valence-electron chi connectivity index (χ3n) is 3.20. The van der Waals surface area contributed by atoms with Gasteiger partial charge in [-0.15, -0.1) is 0 Å². The van der Waals surface area contributed by atoms with Gasteiger partial charge >= 0.3 is 12.3 Å². The van der Waals surface area contributed by atoms with E-state index in [1.165, 1.54) is 4.90 Å². The number of halogens is 3. The molecule has 2 rings (SSSR count). The second-order valence-corrected chi connectivity index (χ2v) is 5.68. The molecule has 0 N–H and O–H groups in total.